The van der Waals surface area contributed by atoms with Crippen molar-refractivity contribution in [1.29, 1.82) is 0 Å². The molecule has 2 atom stereocenters. The highest BCUT2D eigenvalue weighted by molar-refractivity contribution is 5.80. The van der Waals surface area contributed by atoms with Crippen LogP contribution < -0.4 is 10.2 Å². The summed E-state index contributed by atoms with van der Waals surface area (Å²) in [6.45, 7) is 5.57. The van der Waals surface area contributed by atoms with Crippen molar-refractivity contribution in [2.75, 3.05) is 31.6 Å². The summed E-state index contributed by atoms with van der Waals surface area (Å²) in [6.07, 6.45) is 1.76. The quantitative estimate of drug-likeness (QED) is 0.902. The third-order valence-corrected chi connectivity index (χ3v) is 4.63. The highest BCUT2D eigenvalue weighted by Crippen LogP contribution is 2.17. The van der Waals surface area contributed by atoms with E-state index >= 15 is 0 Å². The molecule has 0 spiro atoms. The lowest BCUT2D eigenvalue weighted by Gasteiger charge is -2.32. The molecule has 1 aromatic carbocycles. The number of hydrogen-bond acceptors (Lipinski definition) is 3. The van der Waals surface area contributed by atoms with Gasteiger partial charge in [0.25, 0.3) is 0 Å². The molecule has 0 bridgehead atoms. The van der Waals surface area contributed by atoms with Crippen LogP contribution in [0.4, 0.5) is 5.69 Å². The van der Waals surface area contributed by atoms with Gasteiger partial charge < -0.3 is 15.1 Å². The second-order valence-electron chi connectivity index (χ2n) is 6.34. The van der Waals surface area contributed by atoms with Gasteiger partial charge in [-0.05, 0) is 31.9 Å². The standard InChI is InChI=1S/C18H27N3O2/c1-14(20(3)17-9-5-4-6-10-17)12-19-18(23)16-8-7-11-21(13-16)15(2)22/h4-6,9-10,14,16H,7-8,11-13H2,1-3H3,(H,19,23)/t14-,16-/m0/s1. The number of nitrogens with zero attached hydrogens (tertiary/aromatic N) is 2. The molecule has 2 rings (SSSR count). The Balaban J connectivity index is 1.82. The molecule has 0 unspecified atom stereocenters. The van der Waals surface area contributed by atoms with Crippen LogP contribution in [0.15, 0.2) is 30.3 Å². The van der Waals surface area contributed by atoms with E-state index in [2.05, 4.69) is 29.3 Å². The van der Waals surface area contributed by atoms with Crippen molar-refractivity contribution < 1.29 is 9.59 Å². The monoisotopic (exact) mass is 317 g/mol. The predicted octanol–water partition coefficient (Wildman–Crippen LogP) is 1.89. The zero-order valence-electron chi connectivity index (χ0n) is 14.3. The predicted molar refractivity (Wildman–Crippen MR) is 92.3 cm³/mol. The lowest BCUT2D eigenvalue weighted by molar-refractivity contribution is -0.133. The SMILES string of the molecule is CC(=O)N1CCC[C@H](C(=O)NC[C@H](C)N(C)c2ccccc2)C1. The summed E-state index contributed by atoms with van der Waals surface area (Å²) in [6, 6.07) is 10.3. The first-order valence-corrected chi connectivity index (χ1v) is 8.30. The Kier molecular flexibility index (Phi) is 6.02. The van der Waals surface area contributed by atoms with Gasteiger partial charge in [0.05, 0.1) is 5.92 Å². The van der Waals surface area contributed by atoms with E-state index in [1.807, 2.05) is 25.2 Å². The van der Waals surface area contributed by atoms with E-state index in [-0.39, 0.29) is 23.8 Å². The summed E-state index contributed by atoms with van der Waals surface area (Å²) in [4.78, 5) is 27.8. The molecule has 0 radical (unpaired) electrons. The number of anilines is 1. The zero-order chi connectivity index (χ0) is 16.8. The Labute approximate surface area is 138 Å². The maximum absolute atomic E-state index is 12.4. The van der Waals surface area contributed by atoms with Crippen LogP contribution in [0.3, 0.4) is 0 Å². The number of para-hydroxylation sites is 1. The van der Waals surface area contributed by atoms with Crippen molar-refractivity contribution in [3.05, 3.63) is 30.3 Å². The molecule has 1 N–H and O–H groups in total. The number of carbonyl (C=O) groups is 2. The molecule has 5 heteroatoms. The number of nitrogens with one attached hydrogen (secondary N) is 1. The van der Waals surface area contributed by atoms with Crippen LogP contribution in [0.25, 0.3) is 0 Å². The Morgan fingerprint density at radius 1 is 1.35 bits per heavy atom. The van der Waals surface area contributed by atoms with Gasteiger partial charge in [0.15, 0.2) is 0 Å². The van der Waals surface area contributed by atoms with Crippen LogP contribution >= 0.6 is 0 Å². The minimum Gasteiger partial charge on any atom is -0.370 e. The van der Waals surface area contributed by atoms with Crippen LogP contribution in [-0.2, 0) is 9.59 Å². The van der Waals surface area contributed by atoms with E-state index in [0.717, 1.165) is 25.1 Å². The number of carbonyl (C=O) groups excluding carboxylic acids is 2. The Hall–Kier alpha value is -2.04. The molecule has 1 fully saturated rings. The first-order valence-electron chi connectivity index (χ1n) is 8.30. The maximum atomic E-state index is 12.4. The van der Waals surface area contributed by atoms with E-state index in [4.69, 9.17) is 0 Å². The number of rotatable bonds is 5. The van der Waals surface area contributed by atoms with E-state index in [1.54, 1.807) is 11.8 Å². The fourth-order valence-electron chi connectivity index (χ4n) is 2.92. The lowest BCUT2D eigenvalue weighted by Crippen LogP contribution is -2.47. The molecule has 23 heavy (non-hydrogen) atoms. The first-order chi connectivity index (χ1) is 11.0. The number of amides is 2. The second kappa shape index (κ2) is 7.99. The van der Waals surface area contributed by atoms with Gasteiger partial charge in [0.1, 0.15) is 0 Å². The molecule has 0 aliphatic carbocycles. The maximum Gasteiger partial charge on any atom is 0.224 e. The summed E-state index contributed by atoms with van der Waals surface area (Å²) < 4.78 is 0. The number of likely N-dealkylation sites (tertiary alicyclic amines) is 1. The summed E-state index contributed by atoms with van der Waals surface area (Å²) >= 11 is 0. The number of piperidine rings is 1. The summed E-state index contributed by atoms with van der Waals surface area (Å²) in [7, 11) is 2.03. The van der Waals surface area contributed by atoms with Gasteiger partial charge in [-0.2, -0.15) is 0 Å². The van der Waals surface area contributed by atoms with E-state index < -0.39 is 0 Å². The van der Waals surface area contributed by atoms with E-state index in [0.29, 0.717) is 13.1 Å². The van der Waals surface area contributed by atoms with Crippen molar-refractivity contribution in [1.82, 2.24) is 10.2 Å². The molecular weight excluding hydrogens is 290 g/mol. The van der Waals surface area contributed by atoms with Crippen molar-refractivity contribution in [3.8, 4) is 0 Å². The molecule has 0 saturated carbocycles. The Morgan fingerprint density at radius 3 is 2.70 bits per heavy atom. The van der Waals surface area contributed by atoms with E-state index in [9.17, 15) is 9.59 Å². The lowest BCUT2D eigenvalue weighted by atomic mass is 9.97. The zero-order valence-corrected chi connectivity index (χ0v) is 14.3. The molecule has 1 saturated heterocycles. The molecule has 1 aliphatic rings. The summed E-state index contributed by atoms with van der Waals surface area (Å²) in [5, 5.41) is 3.04. The minimum absolute atomic E-state index is 0.0553. The third kappa shape index (κ3) is 4.71. The van der Waals surface area contributed by atoms with Crippen LogP contribution in [0.2, 0.25) is 0 Å². The van der Waals surface area contributed by atoms with Crippen molar-refractivity contribution >= 4 is 17.5 Å². The van der Waals surface area contributed by atoms with Gasteiger partial charge in [-0.1, -0.05) is 18.2 Å². The van der Waals surface area contributed by atoms with Crippen LogP contribution in [-0.4, -0.2) is 49.4 Å². The molecule has 5 nitrogen and oxygen atoms in total. The van der Waals surface area contributed by atoms with Gasteiger partial charge in [-0.15, -0.1) is 0 Å². The molecule has 126 valence electrons. The van der Waals surface area contributed by atoms with Crippen molar-refractivity contribution in [3.63, 3.8) is 0 Å². The molecule has 0 aromatic heterocycles. The topological polar surface area (TPSA) is 52.7 Å². The third-order valence-electron chi connectivity index (χ3n) is 4.63. The second-order valence-corrected chi connectivity index (χ2v) is 6.34. The van der Waals surface area contributed by atoms with Crippen molar-refractivity contribution in [2.45, 2.75) is 32.7 Å². The Bertz CT molecular complexity index is 532. The van der Waals surface area contributed by atoms with Gasteiger partial charge in [0, 0.05) is 45.3 Å². The normalized spacial score (nSPS) is 19.1. The van der Waals surface area contributed by atoms with Gasteiger partial charge in [-0.25, -0.2) is 0 Å². The van der Waals surface area contributed by atoms with Gasteiger partial charge >= 0.3 is 0 Å². The summed E-state index contributed by atoms with van der Waals surface area (Å²) in [5.41, 5.74) is 1.13. The van der Waals surface area contributed by atoms with E-state index in [1.165, 1.54) is 0 Å². The Morgan fingerprint density at radius 2 is 2.04 bits per heavy atom. The average Bonchev–Trinajstić information content (AvgIpc) is 2.59. The largest absolute Gasteiger partial charge is 0.370 e. The molecule has 1 heterocycles. The fourth-order valence-corrected chi connectivity index (χ4v) is 2.92. The van der Waals surface area contributed by atoms with Crippen LogP contribution in [0.5, 0.6) is 0 Å². The minimum atomic E-state index is -0.0816. The van der Waals surface area contributed by atoms with Crippen LogP contribution in [0.1, 0.15) is 26.7 Å². The number of benzene rings is 1. The summed E-state index contributed by atoms with van der Waals surface area (Å²) in [5.74, 6) is 0.0332. The highest BCUT2D eigenvalue weighted by atomic mass is 16.2. The fraction of sp³-hybridized carbons (Fsp3) is 0.556. The van der Waals surface area contributed by atoms with Crippen LogP contribution in [0, 0.1) is 5.92 Å². The first kappa shape index (κ1) is 17.3. The molecule has 1 aromatic rings. The highest BCUT2D eigenvalue weighted by Gasteiger charge is 2.27. The van der Waals surface area contributed by atoms with Gasteiger partial charge in [-0.3, -0.25) is 9.59 Å². The molecular formula is C18H27N3O2. The van der Waals surface area contributed by atoms with Crippen molar-refractivity contribution in [2.24, 2.45) is 5.92 Å². The smallest absolute Gasteiger partial charge is 0.224 e. The number of hydrogen-bond donors (Lipinski definition) is 1. The molecule has 1 aliphatic heterocycles. The van der Waals surface area contributed by atoms with Gasteiger partial charge in [0.2, 0.25) is 11.8 Å². The average molecular weight is 317 g/mol. The molecule has 2 amide bonds. The number of likely N-dealkylation sites (N-methyl/N-ethyl adjacent to an activating group) is 1.